The average Bonchev–Trinajstić information content (AvgIpc) is 2.97. The maximum absolute atomic E-state index is 12.9. The highest BCUT2D eigenvalue weighted by atomic mass is 16.5. The summed E-state index contributed by atoms with van der Waals surface area (Å²) < 4.78 is 5.60. The lowest BCUT2D eigenvalue weighted by Crippen LogP contribution is -2.35. The van der Waals surface area contributed by atoms with Crippen LogP contribution in [0.4, 0.5) is 0 Å². The van der Waals surface area contributed by atoms with Gasteiger partial charge < -0.3 is 19.6 Å². The molecule has 152 valence electrons. The van der Waals surface area contributed by atoms with Gasteiger partial charge in [-0.15, -0.1) is 0 Å². The van der Waals surface area contributed by atoms with E-state index in [4.69, 9.17) is 4.74 Å². The van der Waals surface area contributed by atoms with Crippen molar-refractivity contribution >= 4 is 17.4 Å². The zero-order valence-electron chi connectivity index (χ0n) is 17.0. The van der Waals surface area contributed by atoms with Gasteiger partial charge in [-0.2, -0.15) is 0 Å². The van der Waals surface area contributed by atoms with Crippen molar-refractivity contribution in [3.63, 3.8) is 0 Å². The van der Waals surface area contributed by atoms with Gasteiger partial charge in [-0.3, -0.25) is 9.59 Å². The first-order valence-electron chi connectivity index (χ1n) is 9.65. The first kappa shape index (κ1) is 20.6. The second-order valence-electron chi connectivity index (χ2n) is 7.17. The van der Waals surface area contributed by atoms with Crippen molar-refractivity contribution in [1.29, 1.82) is 0 Å². The molecular weight excluding hydrogens is 368 g/mol. The minimum atomic E-state index is -0.671. The van der Waals surface area contributed by atoms with Crippen LogP contribution in [-0.2, 0) is 9.59 Å². The fraction of sp³-hybridized carbons (Fsp3) is 0.304. The van der Waals surface area contributed by atoms with E-state index in [2.05, 4.69) is 0 Å². The van der Waals surface area contributed by atoms with Gasteiger partial charge in [0.1, 0.15) is 11.5 Å². The number of hydrogen-bond acceptors (Lipinski definition) is 5. The largest absolute Gasteiger partial charge is 0.507 e. The minimum absolute atomic E-state index is 0.105. The van der Waals surface area contributed by atoms with Crippen LogP contribution in [0.5, 0.6) is 5.75 Å². The maximum Gasteiger partial charge on any atom is 0.295 e. The van der Waals surface area contributed by atoms with E-state index in [1.807, 2.05) is 56.3 Å². The van der Waals surface area contributed by atoms with E-state index >= 15 is 0 Å². The Hall–Kier alpha value is -3.12. The van der Waals surface area contributed by atoms with Crippen LogP contribution in [0.25, 0.3) is 5.76 Å². The highest BCUT2D eigenvalue weighted by molar-refractivity contribution is 6.46. The van der Waals surface area contributed by atoms with Crippen molar-refractivity contribution < 1.29 is 19.4 Å². The lowest BCUT2D eigenvalue weighted by Gasteiger charge is -2.26. The van der Waals surface area contributed by atoms with Gasteiger partial charge in [0.15, 0.2) is 0 Å². The smallest absolute Gasteiger partial charge is 0.295 e. The maximum atomic E-state index is 12.9. The van der Waals surface area contributed by atoms with Crippen LogP contribution in [0.2, 0.25) is 0 Å². The van der Waals surface area contributed by atoms with Crippen molar-refractivity contribution in [2.24, 2.45) is 0 Å². The van der Waals surface area contributed by atoms with E-state index in [9.17, 15) is 14.7 Å². The number of nitrogens with zero attached hydrogens (tertiary/aromatic N) is 2. The molecule has 0 saturated carbocycles. The quantitative estimate of drug-likeness (QED) is 0.444. The fourth-order valence-corrected chi connectivity index (χ4v) is 3.46. The summed E-state index contributed by atoms with van der Waals surface area (Å²) >= 11 is 0. The molecule has 1 aliphatic rings. The highest BCUT2D eigenvalue weighted by Gasteiger charge is 2.45. The number of ether oxygens (including phenoxy) is 1. The van der Waals surface area contributed by atoms with Crippen LogP contribution >= 0.6 is 0 Å². The van der Waals surface area contributed by atoms with Crippen molar-refractivity contribution in [1.82, 2.24) is 9.80 Å². The van der Waals surface area contributed by atoms with E-state index in [0.717, 1.165) is 5.56 Å². The molecule has 1 aliphatic heterocycles. The van der Waals surface area contributed by atoms with Crippen LogP contribution in [0.15, 0.2) is 60.2 Å². The molecular formula is C23H26N2O4. The van der Waals surface area contributed by atoms with Gasteiger partial charge in [0.05, 0.1) is 18.2 Å². The Morgan fingerprint density at radius 3 is 2.48 bits per heavy atom. The molecule has 0 aliphatic carbocycles. The summed E-state index contributed by atoms with van der Waals surface area (Å²) in [5.74, 6) is -0.779. The van der Waals surface area contributed by atoms with Crippen LogP contribution in [-0.4, -0.2) is 60.4 Å². The molecule has 1 heterocycles. The summed E-state index contributed by atoms with van der Waals surface area (Å²) in [4.78, 5) is 29.2. The molecule has 0 radical (unpaired) electrons. The number of likely N-dealkylation sites (N-methyl/N-ethyl adjacent to an activating group) is 1. The second kappa shape index (κ2) is 8.92. The summed E-state index contributed by atoms with van der Waals surface area (Å²) in [5.41, 5.74) is 1.34. The SMILES string of the molecule is CCOc1cccc(C2C(=C(O)c3ccccc3)C(=O)C(=O)N2CCN(C)C)c1. The number of aliphatic hydroxyl groups is 1. The number of carbonyl (C=O) groups excluding carboxylic acids is 2. The Labute approximate surface area is 171 Å². The van der Waals surface area contributed by atoms with Gasteiger partial charge >= 0.3 is 0 Å². The predicted molar refractivity (Wildman–Crippen MR) is 112 cm³/mol. The van der Waals surface area contributed by atoms with Crippen molar-refractivity contribution in [3.8, 4) is 5.75 Å². The number of benzene rings is 2. The van der Waals surface area contributed by atoms with Crippen molar-refractivity contribution in [2.45, 2.75) is 13.0 Å². The van der Waals surface area contributed by atoms with Crippen molar-refractivity contribution in [2.75, 3.05) is 33.8 Å². The van der Waals surface area contributed by atoms with Gasteiger partial charge in [0.25, 0.3) is 11.7 Å². The molecule has 1 amide bonds. The van der Waals surface area contributed by atoms with Crippen LogP contribution in [0.3, 0.4) is 0 Å². The molecule has 1 unspecified atom stereocenters. The number of amides is 1. The predicted octanol–water partition coefficient (Wildman–Crippen LogP) is 3.07. The Balaban J connectivity index is 2.13. The molecule has 1 fully saturated rings. The summed E-state index contributed by atoms with van der Waals surface area (Å²) in [6, 6.07) is 15.5. The molecule has 0 spiro atoms. The lowest BCUT2D eigenvalue weighted by molar-refractivity contribution is -0.140. The van der Waals surface area contributed by atoms with Gasteiger partial charge in [-0.05, 0) is 38.7 Å². The van der Waals surface area contributed by atoms with E-state index in [0.29, 0.717) is 31.0 Å². The molecule has 1 N–H and O–H groups in total. The first-order valence-corrected chi connectivity index (χ1v) is 9.65. The molecule has 0 bridgehead atoms. The Kier molecular flexibility index (Phi) is 6.34. The van der Waals surface area contributed by atoms with E-state index < -0.39 is 17.7 Å². The molecule has 2 aromatic rings. The van der Waals surface area contributed by atoms with Gasteiger partial charge in [-0.1, -0.05) is 42.5 Å². The topological polar surface area (TPSA) is 70.1 Å². The molecule has 6 heteroatoms. The van der Waals surface area contributed by atoms with Crippen LogP contribution < -0.4 is 4.74 Å². The third-order valence-electron chi connectivity index (χ3n) is 4.86. The van der Waals surface area contributed by atoms with E-state index in [1.165, 1.54) is 4.90 Å². The van der Waals surface area contributed by atoms with E-state index in [1.54, 1.807) is 24.3 Å². The van der Waals surface area contributed by atoms with E-state index in [-0.39, 0.29) is 11.3 Å². The third-order valence-corrected chi connectivity index (χ3v) is 4.86. The summed E-state index contributed by atoms with van der Waals surface area (Å²) in [7, 11) is 3.82. The van der Waals surface area contributed by atoms with Gasteiger partial charge in [-0.25, -0.2) is 0 Å². The third kappa shape index (κ3) is 4.32. The lowest BCUT2D eigenvalue weighted by atomic mass is 9.95. The molecule has 2 aromatic carbocycles. The Bertz CT molecular complexity index is 921. The molecule has 1 saturated heterocycles. The van der Waals surface area contributed by atoms with Gasteiger partial charge in [0, 0.05) is 18.7 Å². The molecule has 3 rings (SSSR count). The molecule has 0 aromatic heterocycles. The van der Waals surface area contributed by atoms with Crippen LogP contribution in [0.1, 0.15) is 24.1 Å². The zero-order valence-corrected chi connectivity index (χ0v) is 17.0. The van der Waals surface area contributed by atoms with Crippen LogP contribution in [0, 0.1) is 0 Å². The second-order valence-corrected chi connectivity index (χ2v) is 7.17. The number of aliphatic hydroxyl groups excluding tert-OH is 1. The normalized spacial score (nSPS) is 18.5. The molecule has 1 atom stereocenters. The number of Topliss-reactive ketones (excluding diaryl/α,β-unsaturated/α-hetero) is 1. The van der Waals surface area contributed by atoms with Crippen molar-refractivity contribution in [3.05, 3.63) is 71.3 Å². The summed E-state index contributed by atoms with van der Waals surface area (Å²) in [6.07, 6.45) is 0. The molecule has 6 nitrogen and oxygen atoms in total. The Morgan fingerprint density at radius 2 is 1.83 bits per heavy atom. The standard InChI is InChI=1S/C23H26N2O4/c1-4-29-18-12-8-11-17(15-18)20-19(21(26)16-9-6-5-7-10-16)22(27)23(28)25(20)14-13-24(2)3/h5-12,15,20,26H,4,13-14H2,1-3H3. The summed E-state index contributed by atoms with van der Waals surface area (Å²) in [5, 5.41) is 10.9. The summed E-state index contributed by atoms with van der Waals surface area (Å²) in [6.45, 7) is 3.37. The van der Waals surface area contributed by atoms with Gasteiger partial charge in [0.2, 0.25) is 0 Å². The molecule has 29 heavy (non-hydrogen) atoms. The number of ketones is 1. The Morgan fingerprint density at radius 1 is 1.10 bits per heavy atom. The fourth-order valence-electron chi connectivity index (χ4n) is 3.46. The number of hydrogen-bond donors (Lipinski definition) is 1. The number of rotatable bonds is 7. The highest BCUT2D eigenvalue weighted by Crippen LogP contribution is 2.40. The minimum Gasteiger partial charge on any atom is -0.507 e. The average molecular weight is 394 g/mol. The monoisotopic (exact) mass is 394 g/mol. The zero-order chi connectivity index (χ0) is 21.0. The number of carbonyl (C=O) groups is 2. The number of likely N-dealkylation sites (tertiary alicyclic amines) is 1. The first-order chi connectivity index (χ1) is 13.9.